The number of nitrogens with one attached hydrogen (secondary N) is 2. The second kappa shape index (κ2) is 6.09. The second-order valence-electron chi connectivity index (χ2n) is 5.44. The fraction of sp³-hybridized carbons (Fsp3) is 0.438. The molecule has 0 radical (unpaired) electrons. The Hall–Kier alpha value is -1.81. The molecule has 1 aromatic heterocycles. The fourth-order valence-electron chi connectivity index (χ4n) is 3.07. The highest BCUT2D eigenvalue weighted by atomic mass is 16.5. The lowest BCUT2D eigenvalue weighted by Crippen LogP contribution is -2.36. The number of benzene rings is 1. The van der Waals surface area contributed by atoms with Crippen LogP contribution in [0.25, 0.3) is 10.9 Å². The predicted octanol–water partition coefficient (Wildman–Crippen LogP) is 2.25. The highest BCUT2D eigenvalue weighted by molar-refractivity contribution is 5.80. The molecule has 1 unspecified atom stereocenters. The van der Waals surface area contributed by atoms with Gasteiger partial charge in [-0.2, -0.15) is 0 Å². The van der Waals surface area contributed by atoms with Gasteiger partial charge in [0.1, 0.15) is 6.10 Å². The number of piperidine rings is 1. The molecule has 1 aromatic carbocycles. The minimum atomic E-state index is -0.0253. The Kier molecular flexibility index (Phi) is 4.02. The molecule has 20 heavy (non-hydrogen) atoms. The molecular formula is C16H20N2O2. The third-order valence-corrected chi connectivity index (χ3v) is 4.15. The van der Waals surface area contributed by atoms with Gasteiger partial charge in [0, 0.05) is 17.6 Å². The first-order chi connectivity index (χ1) is 9.86. The van der Waals surface area contributed by atoms with Crippen molar-refractivity contribution in [2.24, 2.45) is 5.92 Å². The van der Waals surface area contributed by atoms with Crippen molar-refractivity contribution < 1.29 is 9.53 Å². The maximum absolute atomic E-state index is 10.8. The molecule has 106 valence electrons. The molecule has 0 bridgehead atoms. The molecule has 1 fully saturated rings. The average Bonchev–Trinajstić information content (AvgIpc) is 2.90. The van der Waals surface area contributed by atoms with Crippen LogP contribution < -0.4 is 5.32 Å². The standard InChI is InChI=1S/C16H20N2O2/c19-11-20-16(12-5-7-17-8-6-12)10-14-9-13-3-1-2-4-15(13)18-14/h1-4,9,11-12,16-18H,5-8,10H2. The van der Waals surface area contributed by atoms with Gasteiger partial charge in [0.05, 0.1) is 0 Å². The van der Waals surface area contributed by atoms with E-state index in [-0.39, 0.29) is 6.10 Å². The van der Waals surface area contributed by atoms with E-state index in [2.05, 4.69) is 28.5 Å². The van der Waals surface area contributed by atoms with Gasteiger partial charge in [-0.3, -0.25) is 4.79 Å². The van der Waals surface area contributed by atoms with E-state index in [0.29, 0.717) is 12.4 Å². The average molecular weight is 272 g/mol. The highest BCUT2D eigenvalue weighted by Gasteiger charge is 2.25. The van der Waals surface area contributed by atoms with Crippen molar-refractivity contribution in [2.75, 3.05) is 13.1 Å². The highest BCUT2D eigenvalue weighted by Crippen LogP contribution is 2.23. The molecule has 4 heteroatoms. The van der Waals surface area contributed by atoms with E-state index in [1.165, 1.54) is 5.39 Å². The van der Waals surface area contributed by atoms with Gasteiger partial charge in [-0.25, -0.2) is 0 Å². The maximum atomic E-state index is 10.8. The Bertz CT molecular complexity index is 540. The molecule has 2 aromatic rings. The first-order valence-electron chi connectivity index (χ1n) is 7.23. The number of ether oxygens (including phenoxy) is 1. The van der Waals surface area contributed by atoms with Crippen molar-refractivity contribution in [2.45, 2.75) is 25.4 Å². The van der Waals surface area contributed by atoms with Gasteiger partial charge in [0.25, 0.3) is 6.47 Å². The van der Waals surface area contributed by atoms with Crippen LogP contribution in [0.2, 0.25) is 0 Å². The Morgan fingerprint density at radius 3 is 2.85 bits per heavy atom. The zero-order valence-corrected chi connectivity index (χ0v) is 11.5. The van der Waals surface area contributed by atoms with Crippen LogP contribution >= 0.6 is 0 Å². The molecule has 0 amide bonds. The third kappa shape index (κ3) is 2.85. The van der Waals surface area contributed by atoms with E-state index in [9.17, 15) is 4.79 Å². The minimum Gasteiger partial charge on any atom is -0.464 e. The summed E-state index contributed by atoms with van der Waals surface area (Å²) in [4.78, 5) is 14.2. The monoisotopic (exact) mass is 272 g/mol. The van der Waals surface area contributed by atoms with Crippen molar-refractivity contribution in [1.82, 2.24) is 10.3 Å². The van der Waals surface area contributed by atoms with Gasteiger partial charge < -0.3 is 15.0 Å². The maximum Gasteiger partial charge on any atom is 0.293 e. The second-order valence-corrected chi connectivity index (χ2v) is 5.44. The van der Waals surface area contributed by atoms with Crippen molar-refractivity contribution >= 4 is 17.4 Å². The molecule has 1 aliphatic heterocycles. The zero-order chi connectivity index (χ0) is 13.8. The predicted molar refractivity (Wildman–Crippen MR) is 78.5 cm³/mol. The number of fused-ring (bicyclic) bond motifs is 1. The first-order valence-corrected chi connectivity index (χ1v) is 7.23. The lowest BCUT2D eigenvalue weighted by atomic mass is 9.89. The van der Waals surface area contributed by atoms with Crippen LogP contribution in [-0.4, -0.2) is 30.6 Å². The van der Waals surface area contributed by atoms with E-state index in [1.807, 2.05) is 12.1 Å². The summed E-state index contributed by atoms with van der Waals surface area (Å²) in [6.07, 6.45) is 2.87. The fourth-order valence-corrected chi connectivity index (χ4v) is 3.07. The molecule has 0 spiro atoms. The van der Waals surface area contributed by atoms with E-state index >= 15 is 0 Å². The molecule has 0 saturated carbocycles. The van der Waals surface area contributed by atoms with Crippen LogP contribution in [0.3, 0.4) is 0 Å². The van der Waals surface area contributed by atoms with Crippen molar-refractivity contribution in [1.29, 1.82) is 0 Å². The Balaban J connectivity index is 1.76. The number of carbonyl (C=O) groups excluding carboxylic acids is 1. The largest absolute Gasteiger partial charge is 0.464 e. The Morgan fingerprint density at radius 1 is 1.30 bits per heavy atom. The normalized spacial score (nSPS) is 18.0. The van der Waals surface area contributed by atoms with Crippen molar-refractivity contribution in [3.8, 4) is 0 Å². The molecule has 4 nitrogen and oxygen atoms in total. The minimum absolute atomic E-state index is 0.0253. The number of carbonyl (C=O) groups is 1. The molecule has 1 aliphatic rings. The van der Waals surface area contributed by atoms with Crippen LogP contribution in [0.1, 0.15) is 18.5 Å². The first kappa shape index (κ1) is 13.2. The van der Waals surface area contributed by atoms with Crippen LogP contribution in [0.15, 0.2) is 30.3 Å². The van der Waals surface area contributed by atoms with Gasteiger partial charge in [-0.15, -0.1) is 0 Å². The Morgan fingerprint density at radius 2 is 2.10 bits per heavy atom. The molecule has 1 atom stereocenters. The summed E-state index contributed by atoms with van der Waals surface area (Å²) in [5.41, 5.74) is 2.27. The lowest BCUT2D eigenvalue weighted by Gasteiger charge is -2.29. The number of rotatable bonds is 5. The van der Waals surface area contributed by atoms with Gasteiger partial charge in [-0.1, -0.05) is 18.2 Å². The SMILES string of the molecule is O=COC(Cc1cc2ccccc2[nH]1)C1CCNCC1. The molecule has 2 heterocycles. The number of hydrogen-bond donors (Lipinski definition) is 2. The van der Waals surface area contributed by atoms with E-state index in [0.717, 1.165) is 43.6 Å². The van der Waals surface area contributed by atoms with Crippen LogP contribution in [-0.2, 0) is 16.0 Å². The van der Waals surface area contributed by atoms with Crippen molar-refractivity contribution in [3.05, 3.63) is 36.0 Å². The van der Waals surface area contributed by atoms with E-state index in [4.69, 9.17) is 4.74 Å². The quantitative estimate of drug-likeness (QED) is 0.821. The van der Waals surface area contributed by atoms with E-state index in [1.54, 1.807) is 0 Å². The number of aromatic amines is 1. The number of H-pyrrole nitrogens is 1. The van der Waals surface area contributed by atoms with Crippen LogP contribution in [0, 0.1) is 5.92 Å². The summed E-state index contributed by atoms with van der Waals surface area (Å²) >= 11 is 0. The van der Waals surface area contributed by atoms with Crippen LogP contribution in [0.5, 0.6) is 0 Å². The molecule has 2 N–H and O–H groups in total. The van der Waals surface area contributed by atoms with Gasteiger partial charge in [0.2, 0.25) is 0 Å². The van der Waals surface area contributed by atoms with Gasteiger partial charge >= 0.3 is 0 Å². The number of aromatic nitrogens is 1. The summed E-state index contributed by atoms with van der Waals surface area (Å²) in [6.45, 7) is 2.61. The number of hydrogen-bond acceptors (Lipinski definition) is 3. The molecular weight excluding hydrogens is 252 g/mol. The summed E-state index contributed by atoms with van der Waals surface area (Å²) in [6, 6.07) is 10.4. The lowest BCUT2D eigenvalue weighted by molar-refractivity contribution is -0.136. The molecule has 0 aliphatic carbocycles. The smallest absolute Gasteiger partial charge is 0.293 e. The number of para-hydroxylation sites is 1. The zero-order valence-electron chi connectivity index (χ0n) is 11.5. The summed E-state index contributed by atoms with van der Waals surface area (Å²) in [7, 11) is 0. The van der Waals surface area contributed by atoms with Gasteiger partial charge in [0.15, 0.2) is 0 Å². The Labute approximate surface area is 118 Å². The van der Waals surface area contributed by atoms with E-state index < -0.39 is 0 Å². The third-order valence-electron chi connectivity index (χ3n) is 4.15. The molecule has 1 saturated heterocycles. The van der Waals surface area contributed by atoms with Crippen LogP contribution in [0.4, 0.5) is 0 Å². The summed E-state index contributed by atoms with van der Waals surface area (Å²) in [5.74, 6) is 0.452. The molecule has 3 rings (SSSR count). The van der Waals surface area contributed by atoms with Gasteiger partial charge in [-0.05, 0) is 49.4 Å². The topological polar surface area (TPSA) is 54.1 Å². The summed E-state index contributed by atoms with van der Waals surface area (Å²) < 4.78 is 5.35. The summed E-state index contributed by atoms with van der Waals surface area (Å²) in [5, 5.41) is 4.55. The van der Waals surface area contributed by atoms with Crippen molar-refractivity contribution in [3.63, 3.8) is 0 Å².